The predicted molar refractivity (Wildman–Crippen MR) is 195 cm³/mol. The minimum absolute atomic E-state index is 0.165. The van der Waals surface area contributed by atoms with Crippen molar-refractivity contribution in [3.63, 3.8) is 0 Å². The number of carbonyl (C=O) groups is 1. The maximum absolute atomic E-state index is 11.5. The van der Waals surface area contributed by atoms with E-state index in [1.165, 1.54) is 4.90 Å². The number of nitrogens with zero attached hydrogens (tertiary/aromatic N) is 6. The largest absolute Gasteiger partial charge is 0.493 e. The second-order valence-electron chi connectivity index (χ2n) is 14.3. The van der Waals surface area contributed by atoms with Crippen LogP contribution in [0, 0.1) is 0 Å². The van der Waals surface area contributed by atoms with Crippen LogP contribution in [0.5, 0.6) is 5.75 Å². The van der Waals surface area contributed by atoms with E-state index < -0.39 is 14.4 Å². The highest BCUT2D eigenvalue weighted by Gasteiger charge is 2.36. The van der Waals surface area contributed by atoms with Crippen LogP contribution in [0.15, 0.2) is 54.9 Å². The van der Waals surface area contributed by atoms with Crippen molar-refractivity contribution in [2.24, 2.45) is 0 Å². The van der Waals surface area contributed by atoms with Gasteiger partial charge in [0.1, 0.15) is 5.75 Å². The van der Waals surface area contributed by atoms with E-state index in [1.807, 2.05) is 27.7 Å². The number of benzene rings is 2. The van der Waals surface area contributed by atoms with Crippen molar-refractivity contribution in [1.29, 1.82) is 0 Å². The van der Waals surface area contributed by atoms with Crippen molar-refractivity contribution >= 4 is 37.3 Å². The molecule has 0 bridgehead atoms. The maximum atomic E-state index is 11.5. The van der Waals surface area contributed by atoms with Crippen molar-refractivity contribution in [3.8, 4) is 16.9 Å². The first-order valence-electron chi connectivity index (χ1n) is 17.0. The van der Waals surface area contributed by atoms with Gasteiger partial charge in [-0.25, -0.2) is 9.78 Å². The highest BCUT2D eigenvalue weighted by Crippen LogP contribution is 2.37. The topological polar surface area (TPSA) is 118 Å². The van der Waals surface area contributed by atoms with Crippen LogP contribution in [-0.2, 0) is 11.0 Å². The lowest BCUT2D eigenvalue weighted by Crippen LogP contribution is -2.48. The lowest BCUT2D eigenvalue weighted by Gasteiger charge is -2.36. The molecule has 1 aliphatic rings. The Morgan fingerprint density at radius 1 is 1.00 bits per heavy atom. The smallest absolute Gasteiger partial charge is 0.407 e. The number of imidazole rings is 1. The Morgan fingerprint density at radius 2 is 1.71 bits per heavy atom. The molecule has 11 nitrogen and oxygen atoms in total. The van der Waals surface area contributed by atoms with Crippen molar-refractivity contribution in [2.45, 2.75) is 78.2 Å². The van der Waals surface area contributed by atoms with Crippen LogP contribution in [-0.4, -0.2) is 83.3 Å². The number of unbranched alkanes of at least 4 members (excludes halogenated alkanes) is 1. The van der Waals surface area contributed by atoms with Crippen LogP contribution in [0.4, 0.5) is 16.6 Å². The molecule has 5 rings (SSSR count). The normalized spacial score (nSPS) is 14.2. The monoisotopic (exact) mass is 673 g/mol. The number of ether oxygens (including phenoxy) is 1. The first-order chi connectivity index (χ1) is 22.8. The molecule has 48 heavy (non-hydrogen) atoms. The van der Waals surface area contributed by atoms with Crippen LogP contribution < -0.4 is 15.0 Å². The standard InChI is InChI=1S/C36H51N7O4Si/c1-26(2)43-25-38-31-32(39-34(40-33(31)43)41-17-19-42(20-18-41)35(44)45)37-24-27-15-16-29(28-13-9-8-10-14-28)30(23-27)46-21-11-12-22-47-48(6,7)36(3,4)5/h8-10,13-16,23,25-26H,11-12,17-22,24H2,1-7H3,(H,44,45)(H,37,39,40). The van der Waals surface area contributed by atoms with Gasteiger partial charge in [-0.2, -0.15) is 9.97 Å². The number of anilines is 2. The van der Waals surface area contributed by atoms with Gasteiger partial charge in [-0.1, -0.05) is 63.2 Å². The van der Waals surface area contributed by atoms with Gasteiger partial charge in [0, 0.05) is 50.9 Å². The number of hydrogen-bond donors (Lipinski definition) is 2. The molecule has 2 aromatic carbocycles. The number of rotatable bonds is 13. The highest BCUT2D eigenvalue weighted by molar-refractivity contribution is 6.74. The highest BCUT2D eigenvalue weighted by atomic mass is 28.4. The van der Waals surface area contributed by atoms with Crippen molar-refractivity contribution in [1.82, 2.24) is 24.4 Å². The zero-order chi connectivity index (χ0) is 34.5. The number of hydrogen-bond acceptors (Lipinski definition) is 8. The number of fused-ring (bicyclic) bond motifs is 1. The first-order valence-corrected chi connectivity index (χ1v) is 19.9. The second-order valence-corrected chi connectivity index (χ2v) is 19.1. The minimum atomic E-state index is -1.76. The Kier molecular flexibility index (Phi) is 10.9. The minimum Gasteiger partial charge on any atom is -0.493 e. The summed E-state index contributed by atoms with van der Waals surface area (Å²) in [7, 11) is -1.76. The van der Waals surface area contributed by atoms with Crippen molar-refractivity contribution in [3.05, 3.63) is 60.4 Å². The summed E-state index contributed by atoms with van der Waals surface area (Å²) in [5.74, 6) is 2.06. The summed E-state index contributed by atoms with van der Waals surface area (Å²) in [5, 5.41) is 13.1. The number of nitrogens with one attached hydrogen (secondary N) is 1. The third-order valence-corrected chi connectivity index (χ3v) is 14.0. The third kappa shape index (κ3) is 8.27. The summed E-state index contributed by atoms with van der Waals surface area (Å²) in [6.45, 7) is 19.3. The molecule has 0 saturated carbocycles. The Morgan fingerprint density at radius 3 is 2.38 bits per heavy atom. The summed E-state index contributed by atoms with van der Waals surface area (Å²) in [6.07, 6.45) is 2.77. The molecule has 1 fully saturated rings. The van der Waals surface area contributed by atoms with Crippen LogP contribution in [0.1, 0.15) is 59.1 Å². The van der Waals surface area contributed by atoms with Crippen LogP contribution in [0.3, 0.4) is 0 Å². The molecule has 12 heteroatoms. The maximum Gasteiger partial charge on any atom is 0.407 e. The van der Waals surface area contributed by atoms with Crippen LogP contribution >= 0.6 is 0 Å². The summed E-state index contributed by atoms with van der Waals surface area (Å²) in [4.78, 5) is 29.4. The quantitative estimate of drug-likeness (QED) is 0.109. The lowest BCUT2D eigenvalue weighted by molar-refractivity contribution is 0.142. The first kappa shape index (κ1) is 35.2. The molecule has 0 radical (unpaired) electrons. The average Bonchev–Trinajstić information content (AvgIpc) is 3.50. The Labute approximate surface area is 285 Å². The second kappa shape index (κ2) is 14.9. The van der Waals surface area contributed by atoms with Crippen LogP contribution in [0.25, 0.3) is 22.3 Å². The SMILES string of the molecule is CC(C)n1cnc2c(NCc3ccc(-c4ccccc4)c(OCCCCO[Si](C)(C)C(C)(C)C)c3)nc(N3CCN(C(=O)O)CC3)nc21. The van der Waals surface area contributed by atoms with Gasteiger partial charge in [0.2, 0.25) is 5.95 Å². The molecule has 0 atom stereocenters. The average molecular weight is 674 g/mol. The summed E-state index contributed by atoms with van der Waals surface area (Å²) < 4.78 is 14.8. The molecule has 0 unspecified atom stereocenters. The summed E-state index contributed by atoms with van der Waals surface area (Å²) in [5.41, 5.74) is 4.67. The van der Waals surface area contributed by atoms with Gasteiger partial charge in [0.15, 0.2) is 25.3 Å². The van der Waals surface area contributed by atoms with Gasteiger partial charge in [-0.05, 0) is 62.0 Å². The van der Waals surface area contributed by atoms with E-state index in [0.717, 1.165) is 47.5 Å². The van der Waals surface area contributed by atoms with Gasteiger partial charge >= 0.3 is 6.09 Å². The zero-order valence-corrected chi connectivity index (χ0v) is 30.5. The lowest BCUT2D eigenvalue weighted by atomic mass is 10.0. The van der Waals surface area contributed by atoms with Gasteiger partial charge in [0.05, 0.1) is 12.9 Å². The number of amides is 1. The molecule has 1 aliphatic heterocycles. The fraction of sp³-hybridized carbons (Fsp3) is 0.500. The van der Waals surface area contributed by atoms with Crippen molar-refractivity contribution < 1.29 is 19.1 Å². The van der Waals surface area contributed by atoms with E-state index in [9.17, 15) is 9.90 Å². The number of aromatic nitrogens is 4. The molecule has 4 aromatic rings. The van der Waals surface area contributed by atoms with Crippen LogP contribution in [0.2, 0.25) is 18.1 Å². The Bertz CT molecular complexity index is 1680. The van der Waals surface area contributed by atoms with Gasteiger partial charge in [-0.15, -0.1) is 0 Å². The molecular formula is C36H51N7O4Si. The van der Waals surface area contributed by atoms with E-state index in [-0.39, 0.29) is 11.1 Å². The molecule has 2 N–H and O–H groups in total. The van der Waals surface area contributed by atoms with E-state index in [2.05, 4.69) is 88.3 Å². The molecule has 0 aliphatic carbocycles. The van der Waals surface area contributed by atoms with E-state index in [1.54, 1.807) is 6.33 Å². The third-order valence-electron chi connectivity index (χ3n) is 9.46. The molecule has 1 amide bonds. The van der Waals surface area contributed by atoms with E-state index >= 15 is 0 Å². The van der Waals surface area contributed by atoms with Gasteiger partial charge in [0.25, 0.3) is 0 Å². The number of piperazine rings is 1. The molecule has 258 valence electrons. The zero-order valence-electron chi connectivity index (χ0n) is 29.5. The Hall–Kier alpha value is -4.16. The molecular weight excluding hydrogens is 623 g/mol. The van der Waals surface area contributed by atoms with E-state index in [0.29, 0.717) is 56.6 Å². The number of carboxylic acid groups (broad SMARTS) is 1. The fourth-order valence-electron chi connectivity index (χ4n) is 5.41. The summed E-state index contributed by atoms with van der Waals surface area (Å²) >= 11 is 0. The Balaban J connectivity index is 1.32. The molecule has 2 aromatic heterocycles. The van der Waals surface area contributed by atoms with Gasteiger partial charge < -0.3 is 34.0 Å². The van der Waals surface area contributed by atoms with Gasteiger partial charge in [-0.3, -0.25) is 0 Å². The fourth-order valence-corrected chi connectivity index (χ4v) is 6.50. The van der Waals surface area contributed by atoms with E-state index in [4.69, 9.17) is 19.1 Å². The molecule has 0 spiro atoms. The molecule has 1 saturated heterocycles. The summed E-state index contributed by atoms with van der Waals surface area (Å²) in [6, 6.07) is 16.8. The molecule has 3 heterocycles. The van der Waals surface area contributed by atoms with Crippen molar-refractivity contribution in [2.75, 3.05) is 49.6 Å². The predicted octanol–water partition coefficient (Wildman–Crippen LogP) is 7.67.